The summed E-state index contributed by atoms with van der Waals surface area (Å²) in [6.45, 7) is 6.01. The molecule has 3 rings (SSSR count). The fourth-order valence-corrected chi connectivity index (χ4v) is 3.92. The molecule has 0 saturated carbocycles. The number of hydrogen-bond acceptors (Lipinski definition) is 4. The summed E-state index contributed by atoms with van der Waals surface area (Å²) in [5, 5.41) is 7.10. The van der Waals surface area contributed by atoms with Crippen molar-refractivity contribution in [3.8, 4) is 0 Å². The largest absolute Gasteiger partial charge is 0.317 e. The van der Waals surface area contributed by atoms with Crippen LogP contribution in [0, 0.1) is 12.3 Å². The van der Waals surface area contributed by atoms with E-state index in [4.69, 9.17) is 0 Å². The average molecular weight is 303 g/mol. The lowest BCUT2D eigenvalue weighted by atomic mass is 9.76. The van der Waals surface area contributed by atoms with Gasteiger partial charge >= 0.3 is 0 Å². The van der Waals surface area contributed by atoms with Gasteiger partial charge in [-0.2, -0.15) is 0 Å². The second-order valence-corrected chi connectivity index (χ2v) is 6.86. The van der Waals surface area contributed by atoms with Crippen molar-refractivity contribution in [1.82, 2.24) is 10.3 Å². The molecule has 0 aliphatic carbocycles. The summed E-state index contributed by atoms with van der Waals surface area (Å²) in [7, 11) is 0. The molecule has 0 spiro atoms. The normalized spacial score (nSPS) is 17.8. The van der Waals surface area contributed by atoms with Crippen LogP contribution in [0.2, 0.25) is 0 Å². The minimum Gasteiger partial charge on any atom is -0.317 e. The number of nitrogens with one attached hydrogen (secondary N) is 2. The van der Waals surface area contributed by atoms with Crippen LogP contribution in [0.1, 0.15) is 31.7 Å². The number of thiazole rings is 1. The van der Waals surface area contributed by atoms with Gasteiger partial charge in [0, 0.05) is 0 Å². The zero-order valence-corrected chi connectivity index (χ0v) is 13.3. The highest BCUT2D eigenvalue weighted by Gasteiger charge is 2.38. The lowest BCUT2D eigenvalue weighted by Crippen LogP contribution is -2.44. The summed E-state index contributed by atoms with van der Waals surface area (Å²) >= 11 is 1.55. The number of anilines is 1. The van der Waals surface area contributed by atoms with Gasteiger partial charge in [-0.1, -0.05) is 24.3 Å². The van der Waals surface area contributed by atoms with Crippen molar-refractivity contribution in [2.75, 3.05) is 18.4 Å². The molecule has 0 radical (unpaired) electrons. The molecule has 1 aromatic heterocycles. The fraction of sp³-hybridized carbons (Fsp3) is 0.500. The zero-order valence-electron chi connectivity index (χ0n) is 12.5. The predicted octanol–water partition coefficient (Wildman–Crippen LogP) is 3.32. The van der Waals surface area contributed by atoms with Crippen molar-refractivity contribution in [3.05, 3.63) is 23.8 Å². The number of nitrogens with zero attached hydrogens (tertiary/aromatic N) is 1. The van der Waals surface area contributed by atoms with Gasteiger partial charge in [-0.05, 0) is 57.0 Å². The standard InChI is InChI=1S/C16H21N3OS/c1-3-16(6-8-17-9-7-16)14(20)19-15-18-12-5-4-11(2)10-13(12)21-15/h4-5,10,17H,3,6-9H2,1-2H3,(H,18,19,20). The molecule has 0 unspecified atom stereocenters. The topological polar surface area (TPSA) is 54.0 Å². The van der Waals surface area contributed by atoms with Crippen molar-refractivity contribution in [2.45, 2.75) is 33.1 Å². The van der Waals surface area contributed by atoms with Crippen molar-refractivity contribution in [3.63, 3.8) is 0 Å². The number of benzene rings is 1. The van der Waals surface area contributed by atoms with E-state index >= 15 is 0 Å². The van der Waals surface area contributed by atoms with Crippen LogP contribution in [0.15, 0.2) is 18.2 Å². The van der Waals surface area contributed by atoms with Gasteiger partial charge in [0.15, 0.2) is 5.13 Å². The number of amides is 1. The second-order valence-electron chi connectivity index (χ2n) is 5.83. The first-order valence-corrected chi connectivity index (χ1v) is 8.34. The zero-order chi connectivity index (χ0) is 14.9. The summed E-state index contributed by atoms with van der Waals surface area (Å²) in [6, 6.07) is 6.17. The molecule has 1 aromatic carbocycles. The Bertz CT molecular complexity index is 659. The van der Waals surface area contributed by atoms with Crippen LogP contribution in [0.25, 0.3) is 10.2 Å². The molecule has 1 aliphatic heterocycles. The first-order valence-electron chi connectivity index (χ1n) is 7.52. The van der Waals surface area contributed by atoms with E-state index in [0.717, 1.165) is 42.6 Å². The Morgan fingerprint density at radius 2 is 2.19 bits per heavy atom. The monoisotopic (exact) mass is 303 g/mol. The van der Waals surface area contributed by atoms with Crippen molar-refractivity contribution >= 4 is 32.6 Å². The molecule has 2 aromatic rings. The van der Waals surface area contributed by atoms with E-state index in [-0.39, 0.29) is 11.3 Å². The van der Waals surface area contributed by atoms with E-state index in [0.29, 0.717) is 5.13 Å². The molecule has 1 aliphatic rings. The van der Waals surface area contributed by atoms with Crippen LogP contribution in [0.4, 0.5) is 5.13 Å². The van der Waals surface area contributed by atoms with Gasteiger partial charge in [-0.3, -0.25) is 4.79 Å². The molecule has 4 nitrogen and oxygen atoms in total. The third-order valence-corrected chi connectivity index (χ3v) is 5.42. The summed E-state index contributed by atoms with van der Waals surface area (Å²) in [6.07, 6.45) is 2.68. The Morgan fingerprint density at radius 3 is 2.90 bits per heavy atom. The predicted molar refractivity (Wildman–Crippen MR) is 87.8 cm³/mol. The van der Waals surface area contributed by atoms with Crippen LogP contribution in [-0.4, -0.2) is 24.0 Å². The molecule has 0 atom stereocenters. The Hall–Kier alpha value is -1.46. The fourth-order valence-electron chi connectivity index (χ4n) is 2.96. The lowest BCUT2D eigenvalue weighted by Gasteiger charge is -2.34. The van der Waals surface area contributed by atoms with Gasteiger partial charge in [0.2, 0.25) is 5.91 Å². The van der Waals surface area contributed by atoms with Gasteiger partial charge < -0.3 is 10.6 Å². The third-order valence-electron chi connectivity index (χ3n) is 4.48. The minimum absolute atomic E-state index is 0.127. The van der Waals surface area contributed by atoms with Crippen LogP contribution >= 0.6 is 11.3 Å². The van der Waals surface area contributed by atoms with E-state index in [2.05, 4.69) is 35.5 Å². The van der Waals surface area contributed by atoms with Crippen LogP contribution < -0.4 is 10.6 Å². The van der Waals surface area contributed by atoms with Crippen LogP contribution in [-0.2, 0) is 4.79 Å². The first-order chi connectivity index (χ1) is 10.1. The van der Waals surface area contributed by atoms with Gasteiger partial charge in [-0.25, -0.2) is 4.98 Å². The average Bonchev–Trinajstić information content (AvgIpc) is 2.89. The summed E-state index contributed by atoms with van der Waals surface area (Å²) in [4.78, 5) is 17.2. The van der Waals surface area contributed by atoms with E-state index in [1.165, 1.54) is 5.56 Å². The smallest absolute Gasteiger partial charge is 0.232 e. The van der Waals surface area contributed by atoms with Crippen molar-refractivity contribution in [1.29, 1.82) is 0 Å². The van der Waals surface area contributed by atoms with Crippen molar-refractivity contribution in [2.24, 2.45) is 5.41 Å². The Balaban J connectivity index is 1.81. The number of piperidine rings is 1. The van der Waals surface area contributed by atoms with Gasteiger partial charge in [0.25, 0.3) is 0 Å². The summed E-state index contributed by atoms with van der Waals surface area (Å²) in [5.41, 5.74) is 1.93. The van der Waals surface area contributed by atoms with E-state index in [1.54, 1.807) is 11.3 Å². The molecular formula is C16H21N3OS. The molecule has 112 valence electrons. The number of aryl methyl sites for hydroxylation is 1. The summed E-state index contributed by atoms with van der Waals surface area (Å²) in [5.74, 6) is 0.127. The third kappa shape index (κ3) is 2.80. The highest BCUT2D eigenvalue weighted by atomic mass is 32.1. The highest BCUT2D eigenvalue weighted by molar-refractivity contribution is 7.22. The van der Waals surface area contributed by atoms with Crippen LogP contribution in [0.5, 0.6) is 0 Å². The molecule has 1 amide bonds. The highest BCUT2D eigenvalue weighted by Crippen LogP contribution is 2.35. The summed E-state index contributed by atoms with van der Waals surface area (Å²) < 4.78 is 1.13. The van der Waals surface area contributed by atoms with Gasteiger partial charge in [-0.15, -0.1) is 0 Å². The number of hydrogen-bond donors (Lipinski definition) is 2. The Kier molecular flexibility index (Phi) is 3.95. The van der Waals surface area contributed by atoms with E-state index < -0.39 is 0 Å². The number of carbonyl (C=O) groups excluding carboxylic acids is 1. The molecule has 0 bridgehead atoms. The quantitative estimate of drug-likeness (QED) is 0.914. The molecule has 2 heterocycles. The van der Waals surface area contributed by atoms with Gasteiger partial charge in [0.1, 0.15) is 0 Å². The maximum Gasteiger partial charge on any atom is 0.232 e. The molecule has 5 heteroatoms. The molecule has 1 fully saturated rings. The molecule has 1 saturated heterocycles. The number of fused-ring (bicyclic) bond motifs is 1. The van der Waals surface area contributed by atoms with E-state index in [9.17, 15) is 4.79 Å². The maximum absolute atomic E-state index is 12.7. The second kappa shape index (κ2) is 5.73. The molecule has 21 heavy (non-hydrogen) atoms. The van der Waals surface area contributed by atoms with Crippen molar-refractivity contribution < 1.29 is 4.79 Å². The Labute approximate surface area is 129 Å². The maximum atomic E-state index is 12.7. The minimum atomic E-state index is -0.237. The number of aromatic nitrogens is 1. The first kappa shape index (κ1) is 14.5. The van der Waals surface area contributed by atoms with Crippen LogP contribution in [0.3, 0.4) is 0 Å². The molecular weight excluding hydrogens is 282 g/mol. The van der Waals surface area contributed by atoms with Gasteiger partial charge in [0.05, 0.1) is 15.6 Å². The SMILES string of the molecule is CCC1(C(=O)Nc2nc3ccc(C)cc3s2)CCNCC1. The Morgan fingerprint density at radius 1 is 1.43 bits per heavy atom. The molecule has 2 N–H and O–H groups in total. The number of carbonyl (C=O) groups is 1. The number of rotatable bonds is 3. The van der Waals surface area contributed by atoms with E-state index in [1.807, 2.05) is 12.1 Å². The lowest BCUT2D eigenvalue weighted by molar-refractivity contribution is -0.127.